The summed E-state index contributed by atoms with van der Waals surface area (Å²) in [6.07, 6.45) is 2.57. The number of hydrogen-bond acceptors (Lipinski definition) is 3. The first kappa shape index (κ1) is 15.4. The van der Waals surface area contributed by atoms with Crippen molar-refractivity contribution in [2.24, 2.45) is 0 Å². The van der Waals surface area contributed by atoms with Crippen LogP contribution in [0.5, 0.6) is 0 Å². The molecule has 1 aromatic heterocycles. The zero-order chi connectivity index (χ0) is 16.5. The number of carbonyl (C=O) groups is 2. The predicted octanol–water partition coefficient (Wildman–Crippen LogP) is 3.07. The van der Waals surface area contributed by atoms with Crippen LogP contribution in [-0.2, 0) is 24.3 Å². The fourth-order valence-corrected chi connectivity index (χ4v) is 4.34. The van der Waals surface area contributed by atoms with E-state index in [0.717, 1.165) is 37.1 Å². The molecule has 3 heterocycles. The van der Waals surface area contributed by atoms with E-state index in [1.165, 1.54) is 10.4 Å². The highest BCUT2D eigenvalue weighted by atomic mass is 32.1. The molecule has 124 valence electrons. The van der Waals surface area contributed by atoms with Gasteiger partial charge in [-0.3, -0.25) is 9.59 Å². The van der Waals surface area contributed by atoms with E-state index in [4.69, 9.17) is 0 Å². The topological polar surface area (TPSA) is 40.6 Å². The van der Waals surface area contributed by atoms with Crippen LogP contribution >= 0.6 is 11.3 Å². The zero-order valence-corrected chi connectivity index (χ0v) is 14.3. The van der Waals surface area contributed by atoms with E-state index < -0.39 is 0 Å². The highest BCUT2D eigenvalue weighted by Crippen LogP contribution is 2.25. The van der Waals surface area contributed by atoms with Crippen molar-refractivity contribution in [1.82, 2.24) is 9.80 Å². The average molecular weight is 340 g/mol. The number of amides is 2. The third kappa shape index (κ3) is 2.96. The van der Waals surface area contributed by atoms with E-state index in [9.17, 15) is 9.59 Å². The molecular weight excluding hydrogens is 320 g/mol. The van der Waals surface area contributed by atoms with Gasteiger partial charge in [-0.05, 0) is 47.5 Å². The van der Waals surface area contributed by atoms with Crippen LogP contribution in [0.25, 0.3) is 0 Å². The molecule has 5 heteroatoms. The molecule has 0 radical (unpaired) electrons. The second kappa shape index (κ2) is 6.40. The van der Waals surface area contributed by atoms with Crippen LogP contribution in [0.4, 0.5) is 0 Å². The molecule has 2 aliphatic rings. The van der Waals surface area contributed by atoms with Crippen molar-refractivity contribution in [2.75, 3.05) is 13.1 Å². The number of thiophene rings is 1. The van der Waals surface area contributed by atoms with Crippen molar-refractivity contribution in [2.45, 2.75) is 32.4 Å². The summed E-state index contributed by atoms with van der Waals surface area (Å²) in [5, 5.41) is 2.10. The Hall–Kier alpha value is -2.14. The van der Waals surface area contributed by atoms with Gasteiger partial charge in [-0.25, -0.2) is 0 Å². The van der Waals surface area contributed by atoms with Crippen LogP contribution < -0.4 is 0 Å². The molecule has 0 bridgehead atoms. The molecule has 0 unspecified atom stereocenters. The lowest BCUT2D eigenvalue weighted by atomic mass is 10.1. The van der Waals surface area contributed by atoms with Gasteiger partial charge in [0.1, 0.15) is 0 Å². The van der Waals surface area contributed by atoms with Crippen LogP contribution in [-0.4, -0.2) is 34.7 Å². The van der Waals surface area contributed by atoms with Gasteiger partial charge in [-0.15, -0.1) is 11.3 Å². The Morgan fingerprint density at radius 2 is 1.92 bits per heavy atom. The van der Waals surface area contributed by atoms with Crippen LogP contribution in [0.2, 0.25) is 0 Å². The first-order valence-electron chi connectivity index (χ1n) is 8.42. The van der Waals surface area contributed by atoms with Gasteiger partial charge in [0.25, 0.3) is 5.91 Å². The monoisotopic (exact) mass is 340 g/mol. The molecule has 0 spiro atoms. The van der Waals surface area contributed by atoms with Gasteiger partial charge in [-0.2, -0.15) is 0 Å². The Morgan fingerprint density at radius 1 is 1.08 bits per heavy atom. The van der Waals surface area contributed by atoms with E-state index in [1.807, 2.05) is 34.1 Å². The fraction of sp³-hybridized carbons (Fsp3) is 0.368. The minimum Gasteiger partial charge on any atom is -0.338 e. The van der Waals surface area contributed by atoms with Crippen molar-refractivity contribution >= 4 is 23.2 Å². The normalized spacial score (nSPS) is 17.2. The summed E-state index contributed by atoms with van der Waals surface area (Å²) in [5.41, 5.74) is 3.09. The molecule has 2 aliphatic heterocycles. The minimum absolute atomic E-state index is 0.0932. The summed E-state index contributed by atoms with van der Waals surface area (Å²) in [5.74, 6) is 0.325. The van der Waals surface area contributed by atoms with Gasteiger partial charge in [0.2, 0.25) is 5.91 Å². The van der Waals surface area contributed by atoms with E-state index in [2.05, 4.69) is 11.4 Å². The van der Waals surface area contributed by atoms with E-state index in [-0.39, 0.29) is 11.8 Å². The van der Waals surface area contributed by atoms with Crippen molar-refractivity contribution < 1.29 is 9.59 Å². The minimum atomic E-state index is 0.0932. The van der Waals surface area contributed by atoms with Gasteiger partial charge in [0.05, 0.1) is 0 Å². The van der Waals surface area contributed by atoms with E-state index in [1.54, 1.807) is 11.3 Å². The number of likely N-dealkylation sites (tertiary alicyclic amines) is 1. The third-order valence-corrected chi connectivity index (χ3v) is 5.86. The largest absolute Gasteiger partial charge is 0.338 e. The molecule has 2 amide bonds. The summed E-state index contributed by atoms with van der Waals surface area (Å²) in [7, 11) is 0. The first-order chi connectivity index (χ1) is 11.7. The molecule has 2 aromatic rings. The highest BCUT2D eigenvalue weighted by molar-refractivity contribution is 7.10. The quantitative estimate of drug-likeness (QED) is 0.861. The molecule has 0 atom stereocenters. The fourth-order valence-electron chi connectivity index (χ4n) is 3.45. The lowest BCUT2D eigenvalue weighted by molar-refractivity contribution is -0.128. The summed E-state index contributed by atoms with van der Waals surface area (Å²) in [4.78, 5) is 29.6. The summed E-state index contributed by atoms with van der Waals surface area (Å²) in [6, 6.07) is 9.84. The Bertz CT molecular complexity index is 766. The molecule has 4 rings (SSSR count). The number of carbonyl (C=O) groups excluding carboxylic acids is 2. The number of rotatable bonds is 3. The summed E-state index contributed by atoms with van der Waals surface area (Å²) < 4.78 is 0. The highest BCUT2D eigenvalue weighted by Gasteiger charge is 2.23. The van der Waals surface area contributed by atoms with E-state index in [0.29, 0.717) is 19.5 Å². The Kier molecular flexibility index (Phi) is 4.10. The van der Waals surface area contributed by atoms with Crippen LogP contribution in [0, 0.1) is 0 Å². The van der Waals surface area contributed by atoms with Crippen molar-refractivity contribution in [3.63, 3.8) is 0 Å². The van der Waals surface area contributed by atoms with E-state index >= 15 is 0 Å². The smallest absolute Gasteiger partial charge is 0.254 e. The van der Waals surface area contributed by atoms with Crippen molar-refractivity contribution in [1.29, 1.82) is 0 Å². The predicted molar refractivity (Wildman–Crippen MR) is 93.9 cm³/mol. The lowest BCUT2D eigenvalue weighted by Crippen LogP contribution is -2.35. The molecular formula is C19H20N2O2S. The molecule has 4 nitrogen and oxygen atoms in total. The number of benzene rings is 1. The van der Waals surface area contributed by atoms with Gasteiger partial charge in [0.15, 0.2) is 0 Å². The van der Waals surface area contributed by atoms with Gasteiger partial charge < -0.3 is 9.80 Å². The van der Waals surface area contributed by atoms with Crippen LogP contribution in [0.15, 0.2) is 35.7 Å². The standard InChI is InChI=1S/C19H20N2O2S/c22-18-2-1-9-20(18)12-14-3-5-15(6-4-14)19(23)21-10-7-17-16(13-21)8-11-24-17/h3-6,8,11H,1-2,7,9-10,12-13H2. The van der Waals surface area contributed by atoms with Crippen LogP contribution in [0.3, 0.4) is 0 Å². The molecule has 1 fully saturated rings. The molecule has 1 saturated heterocycles. The Morgan fingerprint density at radius 3 is 2.67 bits per heavy atom. The molecule has 0 N–H and O–H groups in total. The first-order valence-corrected chi connectivity index (χ1v) is 9.30. The summed E-state index contributed by atoms with van der Waals surface area (Å²) in [6.45, 7) is 2.99. The van der Waals surface area contributed by atoms with Crippen molar-refractivity contribution in [3.05, 3.63) is 57.3 Å². The van der Waals surface area contributed by atoms with Gasteiger partial charge >= 0.3 is 0 Å². The number of hydrogen-bond donors (Lipinski definition) is 0. The summed E-state index contributed by atoms with van der Waals surface area (Å²) >= 11 is 1.78. The van der Waals surface area contributed by atoms with Crippen molar-refractivity contribution in [3.8, 4) is 0 Å². The maximum atomic E-state index is 12.7. The lowest BCUT2D eigenvalue weighted by Gasteiger charge is -2.27. The molecule has 0 saturated carbocycles. The molecule has 0 aliphatic carbocycles. The number of fused-ring (bicyclic) bond motifs is 1. The maximum absolute atomic E-state index is 12.7. The second-order valence-electron chi connectivity index (χ2n) is 6.46. The molecule has 24 heavy (non-hydrogen) atoms. The van der Waals surface area contributed by atoms with Gasteiger partial charge in [0, 0.05) is 43.0 Å². The second-order valence-corrected chi connectivity index (χ2v) is 7.46. The SMILES string of the molecule is O=C1CCCN1Cc1ccc(C(=O)N2CCc3sccc3C2)cc1. The zero-order valence-electron chi connectivity index (χ0n) is 13.5. The Labute approximate surface area is 145 Å². The van der Waals surface area contributed by atoms with Crippen LogP contribution in [0.1, 0.15) is 39.2 Å². The van der Waals surface area contributed by atoms with Gasteiger partial charge in [-0.1, -0.05) is 12.1 Å². The Balaban J connectivity index is 1.43. The molecule has 1 aromatic carbocycles. The maximum Gasteiger partial charge on any atom is 0.254 e. The average Bonchev–Trinajstić information content (AvgIpc) is 3.23. The number of nitrogens with zero attached hydrogens (tertiary/aromatic N) is 2. The third-order valence-electron chi connectivity index (χ3n) is 4.84.